The first-order valence-corrected chi connectivity index (χ1v) is 9.31. The number of rotatable bonds is 5. The van der Waals surface area contributed by atoms with Crippen LogP contribution in [0.15, 0.2) is 0 Å². The second-order valence-corrected chi connectivity index (χ2v) is 7.64. The molecular weight excluding hydrogens is 319 g/mol. The molecular formula is C14H26F3NO3S. The molecule has 22 heavy (non-hydrogen) atoms. The Morgan fingerprint density at radius 3 is 2.45 bits per heavy atom. The first-order valence-electron chi connectivity index (χ1n) is 7.90. The molecule has 1 aliphatic heterocycles. The highest BCUT2D eigenvalue weighted by Gasteiger charge is 2.47. The Morgan fingerprint density at radius 2 is 1.77 bits per heavy atom. The molecule has 0 amide bonds. The van der Waals surface area contributed by atoms with Crippen molar-refractivity contribution in [1.82, 2.24) is 4.90 Å². The molecule has 0 saturated carbocycles. The van der Waals surface area contributed by atoms with E-state index in [1.54, 1.807) is 0 Å². The van der Waals surface area contributed by atoms with Gasteiger partial charge in [-0.15, -0.1) is 0 Å². The molecule has 0 unspecified atom stereocenters. The predicted octanol–water partition coefficient (Wildman–Crippen LogP) is 3.54. The van der Waals surface area contributed by atoms with Gasteiger partial charge in [0.1, 0.15) is 0 Å². The monoisotopic (exact) mass is 345 g/mol. The molecule has 1 heterocycles. The topological polar surface area (TPSA) is 46.6 Å². The summed E-state index contributed by atoms with van der Waals surface area (Å²) in [6.07, 6.45) is 7.42. The van der Waals surface area contributed by atoms with Gasteiger partial charge in [-0.25, -0.2) is 0 Å². The Bertz CT molecular complexity index is 412. The average molecular weight is 345 g/mol. The largest absolute Gasteiger partial charge is 0.523 e. The molecule has 1 rings (SSSR count). The van der Waals surface area contributed by atoms with E-state index < -0.39 is 22.2 Å². The SMILES string of the molecule is C[C@@H]1CCCCCCCN(CCCOS(=O)(=O)C(F)(F)F)C1. The Balaban J connectivity index is 2.34. The predicted molar refractivity (Wildman–Crippen MR) is 78.8 cm³/mol. The standard InChI is InChI=1S/C14H26F3NO3S/c1-13-8-5-3-2-4-6-9-18(12-13)10-7-11-21-22(19,20)14(15,16)17/h13H,2-12H2,1H3/t13-/m1/s1. The zero-order valence-corrected chi connectivity index (χ0v) is 13.9. The number of nitrogens with zero attached hydrogens (tertiary/aromatic N) is 1. The number of halogens is 3. The summed E-state index contributed by atoms with van der Waals surface area (Å²) in [5.74, 6) is 0.554. The molecule has 0 aromatic rings. The number of hydrogen-bond acceptors (Lipinski definition) is 4. The van der Waals surface area contributed by atoms with Crippen LogP contribution in [-0.2, 0) is 14.3 Å². The van der Waals surface area contributed by atoms with Crippen LogP contribution in [0.25, 0.3) is 0 Å². The van der Waals surface area contributed by atoms with E-state index in [0.29, 0.717) is 12.5 Å². The molecule has 1 fully saturated rings. The average Bonchev–Trinajstić information content (AvgIpc) is 2.41. The smallest absolute Gasteiger partial charge is 0.303 e. The van der Waals surface area contributed by atoms with Crippen molar-refractivity contribution >= 4 is 10.1 Å². The van der Waals surface area contributed by atoms with Crippen LogP contribution in [0.5, 0.6) is 0 Å². The third kappa shape index (κ3) is 7.28. The van der Waals surface area contributed by atoms with Crippen LogP contribution in [0.3, 0.4) is 0 Å². The minimum Gasteiger partial charge on any atom is -0.303 e. The fraction of sp³-hybridized carbons (Fsp3) is 1.00. The fourth-order valence-electron chi connectivity index (χ4n) is 2.71. The minimum absolute atomic E-state index is 0.280. The molecule has 0 spiro atoms. The number of hydrogen-bond donors (Lipinski definition) is 0. The van der Waals surface area contributed by atoms with Crippen LogP contribution in [0, 0.1) is 5.92 Å². The Hall–Kier alpha value is -0.340. The summed E-state index contributed by atoms with van der Waals surface area (Å²) in [7, 11) is -5.45. The second-order valence-electron chi connectivity index (χ2n) is 6.04. The van der Waals surface area contributed by atoms with Crippen molar-refractivity contribution in [2.24, 2.45) is 5.92 Å². The van der Waals surface area contributed by atoms with Crippen molar-refractivity contribution in [2.45, 2.75) is 57.4 Å². The van der Waals surface area contributed by atoms with E-state index in [-0.39, 0.29) is 6.42 Å². The molecule has 0 bridgehead atoms. The maximum atomic E-state index is 12.1. The van der Waals surface area contributed by atoms with E-state index in [9.17, 15) is 21.6 Å². The quantitative estimate of drug-likeness (QED) is 0.434. The maximum absolute atomic E-state index is 12.1. The normalized spacial score (nSPS) is 23.4. The third-order valence-corrected chi connectivity index (χ3v) is 4.93. The maximum Gasteiger partial charge on any atom is 0.523 e. The summed E-state index contributed by atoms with van der Waals surface area (Å²) in [5.41, 5.74) is -5.34. The first-order chi connectivity index (χ1) is 10.2. The van der Waals surface area contributed by atoms with E-state index >= 15 is 0 Å². The van der Waals surface area contributed by atoms with Gasteiger partial charge in [-0.05, 0) is 31.7 Å². The van der Waals surface area contributed by atoms with Crippen molar-refractivity contribution < 1.29 is 25.8 Å². The van der Waals surface area contributed by atoms with Gasteiger partial charge in [0.25, 0.3) is 0 Å². The van der Waals surface area contributed by atoms with E-state index in [1.807, 2.05) is 0 Å². The molecule has 8 heteroatoms. The molecule has 0 aromatic carbocycles. The van der Waals surface area contributed by atoms with Crippen LogP contribution in [-0.4, -0.2) is 45.1 Å². The highest BCUT2D eigenvalue weighted by molar-refractivity contribution is 7.87. The van der Waals surface area contributed by atoms with Gasteiger partial charge in [-0.2, -0.15) is 21.6 Å². The Kier molecular flexibility index (Phi) is 8.13. The summed E-state index contributed by atoms with van der Waals surface area (Å²) in [5, 5.41) is 0. The van der Waals surface area contributed by atoms with Crippen LogP contribution < -0.4 is 0 Å². The third-order valence-electron chi connectivity index (χ3n) is 3.88. The summed E-state index contributed by atoms with van der Waals surface area (Å²) < 4.78 is 62.0. The highest BCUT2D eigenvalue weighted by Crippen LogP contribution is 2.24. The fourth-order valence-corrected chi connectivity index (χ4v) is 3.18. The van der Waals surface area contributed by atoms with Gasteiger partial charge in [0, 0.05) is 13.1 Å². The van der Waals surface area contributed by atoms with Crippen molar-refractivity contribution in [3.05, 3.63) is 0 Å². The summed E-state index contributed by atoms with van der Waals surface area (Å²) in [4.78, 5) is 2.21. The van der Waals surface area contributed by atoms with E-state index in [0.717, 1.165) is 25.9 Å². The van der Waals surface area contributed by atoms with Gasteiger partial charge in [-0.3, -0.25) is 4.18 Å². The van der Waals surface area contributed by atoms with Crippen molar-refractivity contribution in [3.8, 4) is 0 Å². The van der Waals surface area contributed by atoms with Gasteiger partial charge in [0.2, 0.25) is 0 Å². The second kappa shape index (κ2) is 9.08. The molecule has 0 aromatic heterocycles. The lowest BCUT2D eigenvalue weighted by Crippen LogP contribution is -2.32. The van der Waals surface area contributed by atoms with Crippen LogP contribution in [0.4, 0.5) is 13.2 Å². The van der Waals surface area contributed by atoms with E-state index in [1.165, 1.54) is 25.7 Å². The molecule has 1 aliphatic rings. The van der Waals surface area contributed by atoms with Gasteiger partial charge in [0.15, 0.2) is 0 Å². The summed E-state index contributed by atoms with van der Waals surface area (Å²) in [6.45, 7) is 4.14. The van der Waals surface area contributed by atoms with E-state index in [2.05, 4.69) is 16.0 Å². The van der Waals surface area contributed by atoms with Crippen molar-refractivity contribution in [2.75, 3.05) is 26.2 Å². The lowest BCUT2D eigenvalue weighted by Gasteiger charge is -2.26. The van der Waals surface area contributed by atoms with Crippen molar-refractivity contribution in [1.29, 1.82) is 0 Å². The van der Waals surface area contributed by atoms with Gasteiger partial charge in [-0.1, -0.05) is 32.6 Å². The molecule has 0 radical (unpaired) electrons. The minimum atomic E-state index is -5.45. The molecule has 4 nitrogen and oxygen atoms in total. The zero-order chi connectivity index (χ0) is 16.6. The van der Waals surface area contributed by atoms with E-state index in [4.69, 9.17) is 0 Å². The van der Waals surface area contributed by atoms with Gasteiger partial charge < -0.3 is 4.90 Å². The lowest BCUT2D eigenvalue weighted by atomic mass is 9.99. The summed E-state index contributed by atoms with van der Waals surface area (Å²) in [6, 6.07) is 0. The zero-order valence-electron chi connectivity index (χ0n) is 13.1. The van der Waals surface area contributed by atoms with Crippen LogP contribution in [0.1, 0.15) is 51.9 Å². The van der Waals surface area contributed by atoms with Crippen LogP contribution >= 0.6 is 0 Å². The first kappa shape index (κ1) is 19.7. The lowest BCUT2D eigenvalue weighted by molar-refractivity contribution is -0.0543. The summed E-state index contributed by atoms with van der Waals surface area (Å²) >= 11 is 0. The molecule has 0 aliphatic carbocycles. The van der Waals surface area contributed by atoms with Gasteiger partial charge in [0.05, 0.1) is 6.61 Å². The Labute approximate surface area is 131 Å². The van der Waals surface area contributed by atoms with Gasteiger partial charge >= 0.3 is 15.6 Å². The molecule has 0 N–H and O–H groups in total. The Morgan fingerprint density at radius 1 is 1.14 bits per heavy atom. The van der Waals surface area contributed by atoms with Crippen LogP contribution in [0.2, 0.25) is 0 Å². The highest BCUT2D eigenvalue weighted by atomic mass is 32.2. The molecule has 1 atom stereocenters. The number of alkyl halides is 3. The van der Waals surface area contributed by atoms with Crippen molar-refractivity contribution in [3.63, 3.8) is 0 Å². The molecule has 132 valence electrons. The molecule has 1 saturated heterocycles.